The summed E-state index contributed by atoms with van der Waals surface area (Å²) < 4.78 is 0. The van der Waals surface area contributed by atoms with E-state index in [9.17, 15) is 0 Å². The molecule has 0 N–H and O–H groups in total. The SMILES string of the molecule is CCN(C)C1CCC(CCN(C)C2CCCCC2)C1. The number of rotatable bonds is 6. The van der Waals surface area contributed by atoms with Gasteiger partial charge in [-0.1, -0.05) is 26.2 Å². The lowest BCUT2D eigenvalue weighted by molar-refractivity contribution is 0.178. The van der Waals surface area contributed by atoms with E-state index in [2.05, 4.69) is 30.8 Å². The van der Waals surface area contributed by atoms with E-state index in [0.717, 1.165) is 18.0 Å². The first-order valence-electron chi connectivity index (χ1n) is 8.61. The fourth-order valence-electron chi connectivity index (χ4n) is 4.06. The molecule has 2 unspecified atom stereocenters. The van der Waals surface area contributed by atoms with Gasteiger partial charge in [0, 0.05) is 12.1 Å². The summed E-state index contributed by atoms with van der Waals surface area (Å²) in [5.74, 6) is 0.991. The Hall–Kier alpha value is -0.0800. The van der Waals surface area contributed by atoms with Crippen LogP contribution in [0, 0.1) is 5.92 Å². The predicted molar refractivity (Wildman–Crippen MR) is 83.6 cm³/mol. The van der Waals surface area contributed by atoms with Crippen molar-refractivity contribution >= 4 is 0 Å². The highest BCUT2D eigenvalue weighted by molar-refractivity contribution is 4.82. The van der Waals surface area contributed by atoms with Gasteiger partial charge in [0.15, 0.2) is 0 Å². The molecule has 2 heteroatoms. The van der Waals surface area contributed by atoms with Gasteiger partial charge in [-0.05, 0) is 71.6 Å². The van der Waals surface area contributed by atoms with Gasteiger partial charge in [0.2, 0.25) is 0 Å². The van der Waals surface area contributed by atoms with E-state index in [0.29, 0.717) is 0 Å². The molecule has 2 atom stereocenters. The van der Waals surface area contributed by atoms with Crippen LogP contribution >= 0.6 is 0 Å². The molecule has 0 amide bonds. The molecule has 0 radical (unpaired) electrons. The molecule has 0 saturated heterocycles. The molecule has 2 aliphatic carbocycles. The van der Waals surface area contributed by atoms with Crippen LogP contribution in [0.5, 0.6) is 0 Å². The van der Waals surface area contributed by atoms with Crippen LogP contribution in [0.1, 0.15) is 64.7 Å². The second-order valence-electron chi connectivity index (χ2n) is 6.97. The average Bonchev–Trinajstić information content (AvgIpc) is 2.93. The molecular weight excluding hydrogens is 232 g/mol. The molecule has 2 rings (SSSR count). The fraction of sp³-hybridized carbons (Fsp3) is 1.00. The largest absolute Gasteiger partial charge is 0.304 e. The van der Waals surface area contributed by atoms with Crippen molar-refractivity contribution < 1.29 is 0 Å². The Balaban J connectivity index is 1.65. The minimum Gasteiger partial charge on any atom is -0.304 e. The molecule has 19 heavy (non-hydrogen) atoms. The highest BCUT2D eigenvalue weighted by Gasteiger charge is 2.27. The average molecular weight is 266 g/mol. The maximum absolute atomic E-state index is 2.66. The molecule has 2 saturated carbocycles. The van der Waals surface area contributed by atoms with Crippen molar-refractivity contribution in [3.8, 4) is 0 Å². The van der Waals surface area contributed by atoms with Gasteiger partial charge in [-0.15, -0.1) is 0 Å². The van der Waals surface area contributed by atoms with Gasteiger partial charge >= 0.3 is 0 Å². The maximum Gasteiger partial charge on any atom is 0.00948 e. The summed E-state index contributed by atoms with van der Waals surface area (Å²) in [6, 6.07) is 1.76. The summed E-state index contributed by atoms with van der Waals surface area (Å²) >= 11 is 0. The predicted octanol–water partition coefficient (Wildman–Crippen LogP) is 3.76. The Morgan fingerprint density at radius 2 is 1.58 bits per heavy atom. The second-order valence-corrected chi connectivity index (χ2v) is 6.97. The molecule has 0 aromatic rings. The van der Waals surface area contributed by atoms with Crippen LogP contribution in [-0.2, 0) is 0 Å². The van der Waals surface area contributed by atoms with Crippen LogP contribution in [0.4, 0.5) is 0 Å². The van der Waals surface area contributed by atoms with E-state index >= 15 is 0 Å². The van der Waals surface area contributed by atoms with Crippen LogP contribution in [0.3, 0.4) is 0 Å². The molecule has 2 aliphatic rings. The summed E-state index contributed by atoms with van der Waals surface area (Å²) in [6.45, 7) is 4.82. The van der Waals surface area contributed by atoms with Gasteiger partial charge in [0.05, 0.1) is 0 Å². The summed E-state index contributed by atoms with van der Waals surface area (Å²) in [4.78, 5) is 5.21. The molecular formula is C17H34N2. The zero-order valence-electron chi connectivity index (χ0n) is 13.4. The molecule has 112 valence electrons. The number of hydrogen-bond donors (Lipinski definition) is 0. The normalized spacial score (nSPS) is 29.5. The molecule has 2 fully saturated rings. The molecule has 0 aromatic heterocycles. The third-order valence-corrected chi connectivity index (χ3v) is 5.72. The van der Waals surface area contributed by atoms with Crippen LogP contribution in [0.2, 0.25) is 0 Å². The second kappa shape index (κ2) is 7.64. The summed E-state index contributed by atoms with van der Waals surface area (Å²) in [7, 11) is 4.65. The van der Waals surface area contributed by atoms with Crippen molar-refractivity contribution in [2.75, 3.05) is 27.2 Å². The van der Waals surface area contributed by atoms with Gasteiger partial charge in [0.1, 0.15) is 0 Å². The van der Waals surface area contributed by atoms with Crippen molar-refractivity contribution in [3.05, 3.63) is 0 Å². The molecule has 0 aromatic carbocycles. The van der Waals surface area contributed by atoms with Crippen molar-refractivity contribution in [1.29, 1.82) is 0 Å². The van der Waals surface area contributed by atoms with E-state index in [1.54, 1.807) is 0 Å². The van der Waals surface area contributed by atoms with E-state index in [1.165, 1.54) is 70.9 Å². The van der Waals surface area contributed by atoms with Gasteiger partial charge in [-0.25, -0.2) is 0 Å². The Kier molecular flexibility index (Phi) is 6.15. The third-order valence-electron chi connectivity index (χ3n) is 5.72. The molecule has 0 bridgehead atoms. The first-order valence-corrected chi connectivity index (χ1v) is 8.61. The fourth-order valence-corrected chi connectivity index (χ4v) is 4.06. The Morgan fingerprint density at radius 1 is 0.842 bits per heavy atom. The lowest BCUT2D eigenvalue weighted by atomic mass is 9.94. The number of hydrogen-bond acceptors (Lipinski definition) is 2. The van der Waals surface area contributed by atoms with Crippen LogP contribution in [0.25, 0.3) is 0 Å². The highest BCUT2D eigenvalue weighted by atomic mass is 15.1. The minimum atomic E-state index is 0.870. The summed E-state index contributed by atoms with van der Waals surface area (Å²) in [5.41, 5.74) is 0. The molecule has 0 heterocycles. The first-order chi connectivity index (χ1) is 9.20. The maximum atomic E-state index is 2.66. The van der Waals surface area contributed by atoms with Crippen LogP contribution in [0.15, 0.2) is 0 Å². The van der Waals surface area contributed by atoms with E-state index in [4.69, 9.17) is 0 Å². The number of nitrogens with zero attached hydrogens (tertiary/aromatic N) is 2. The van der Waals surface area contributed by atoms with Crippen molar-refractivity contribution in [3.63, 3.8) is 0 Å². The Labute approximate surface area is 120 Å². The van der Waals surface area contributed by atoms with E-state index in [-0.39, 0.29) is 0 Å². The Bertz CT molecular complexity index is 248. The molecule has 0 aliphatic heterocycles. The van der Waals surface area contributed by atoms with E-state index in [1.807, 2.05) is 0 Å². The van der Waals surface area contributed by atoms with Gasteiger partial charge in [0.25, 0.3) is 0 Å². The van der Waals surface area contributed by atoms with Crippen molar-refractivity contribution in [2.45, 2.75) is 76.8 Å². The van der Waals surface area contributed by atoms with E-state index < -0.39 is 0 Å². The van der Waals surface area contributed by atoms with Crippen LogP contribution in [-0.4, -0.2) is 49.1 Å². The quantitative estimate of drug-likeness (QED) is 0.722. The van der Waals surface area contributed by atoms with Gasteiger partial charge in [-0.3, -0.25) is 0 Å². The monoisotopic (exact) mass is 266 g/mol. The van der Waals surface area contributed by atoms with Gasteiger partial charge in [-0.2, -0.15) is 0 Å². The van der Waals surface area contributed by atoms with Crippen molar-refractivity contribution in [2.24, 2.45) is 5.92 Å². The summed E-state index contributed by atoms with van der Waals surface area (Å²) in [5, 5.41) is 0. The minimum absolute atomic E-state index is 0.870. The third kappa shape index (κ3) is 4.46. The Morgan fingerprint density at radius 3 is 2.26 bits per heavy atom. The standard InChI is InChI=1S/C17H34N2/c1-4-18(2)17-11-10-15(14-17)12-13-19(3)16-8-6-5-7-9-16/h15-17H,4-14H2,1-3H3. The molecule has 0 spiro atoms. The zero-order valence-corrected chi connectivity index (χ0v) is 13.4. The summed E-state index contributed by atoms with van der Waals surface area (Å²) in [6.07, 6.45) is 13.1. The topological polar surface area (TPSA) is 6.48 Å². The lowest BCUT2D eigenvalue weighted by Gasteiger charge is -2.32. The highest BCUT2D eigenvalue weighted by Crippen LogP contribution is 2.31. The first kappa shape index (κ1) is 15.3. The lowest BCUT2D eigenvalue weighted by Crippen LogP contribution is -2.35. The zero-order chi connectivity index (χ0) is 13.7. The van der Waals surface area contributed by atoms with Crippen molar-refractivity contribution in [1.82, 2.24) is 9.80 Å². The smallest absolute Gasteiger partial charge is 0.00948 e. The van der Waals surface area contributed by atoms with Crippen LogP contribution < -0.4 is 0 Å². The van der Waals surface area contributed by atoms with Gasteiger partial charge < -0.3 is 9.80 Å². The molecule has 2 nitrogen and oxygen atoms in total.